The molecule has 0 aliphatic rings. The molecule has 0 aliphatic carbocycles. The lowest BCUT2D eigenvalue weighted by atomic mass is 10.0. The normalized spacial score (nSPS) is 13.1. The van der Waals surface area contributed by atoms with E-state index in [1.54, 1.807) is 38.5 Å². The summed E-state index contributed by atoms with van der Waals surface area (Å²) in [5, 5.41) is 2.93. The molecule has 8 heteroatoms. The molecule has 0 unspecified atom stereocenters. The summed E-state index contributed by atoms with van der Waals surface area (Å²) in [6.45, 7) is 3.71. The van der Waals surface area contributed by atoms with Crippen molar-refractivity contribution in [2.45, 2.75) is 37.2 Å². The van der Waals surface area contributed by atoms with E-state index < -0.39 is 28.0 Å². The highest BCUT2D eigenvalue weighted by Crippen LogP contribution is 2.30. The first-order valence-electron chi connectivity index (χ1n) is 10.9. The quantitative estimate of drug-likeness (QED) is 0.459. The van der Waals surface area contributed by atoms with Crippen LogP contribution >= 0.6 is 0 Å². The van der Waals surface area contributed by atoms with E-state index in [9.17, 15) is 13.2 Å². The molecule has 7 nitrogen and oxygen atoms in total. The van der Waals surface area contributed by atoms with Crippen LogP contribution in [0.25, 0.3) is 0 Å². The first-order chi connectivity index (χ1) is 16.2. The zero-order valence-electron chi connectivity index (χ0n) is 19.7. The topological polar surface area (TPSA) is 93.7 Å². The molecule has 3 rings (SSSR count). The van der Waals surface area contributed by atoms with Gasteiger partial charge < -0.3 is 14.8 Å². The Morgan fingerprint density at radius 2 is 1.56 bits per heavy atom. The van der Waals surface area contributed by atoms with Gasteiger partial charge >= 0.3 is 0 Å². The van der Waals surface area contributed by atoms with Crippen LogP contribution < -0.4 is 19.5 Å². The predicted octanol–water partition coefficient (Wildman–Crippen LogP) is 3.78. The molecule has 2 N–H and O–H groups in total. The zero-order chi connectivity index (χ0) is 24.7. The van der Waals surface area contributed by atoms with Crippen LogP contribution in [-0.2, 0) is 21.2 Å². The lowest BCUT2D eigenvalue weighted by molar-refractivity contribution is -0.123. The fourth-order valence-electron chi connectivity index (χ4n) is 3.53. The summed E-state index contributed by atoms with van der Waals surface area (Å²) in [6.07, 6.45) is 0.205. The van der Waals surface area contributed by atoms with E-state index >= 15 is 0 Å². The monoisotopic (exact) mass is 482 g/mol. The number of sulfonamides is 1. The van der Waals surface area contributed by atoms with Crippen LogP contribution in [0.1, 0.15) is 29.7 Å². The second-order valence-electron chi connectivity index (χ2n) is 8.02. The largest absolute Gasteiger partial charge is 0.493 e. The molecule has 0 saturated carbocycles. The van der Waals surface area contributed by atoms with Gasteiger partial charge in [0.05, 0.1) is 25.2 Å². The van der Waals surface area contributed by atoms with Gasteiger partial charge in [-0.3, -0.25) is 4.79 Å². The maximum Gasteiger partial charge on any atom is 0.241 e. The van der Waals surface area contributed by atoms with Crippen molar-refractivity contribution in [3.05, 3.63) is 89.5 Å². The third-order valence-electron chi connectivity index (χ3n) is 5.49. The molecule has 1 amide bonds. The van der Waals surface area contributed by atoms with Gasteiger partial charge in [0.15, 0.2) is 11.5 Å². The first kappa shape index (κ1) is 25.3. The molecule has 0 saturated heterocycles. The smallest absolute Gasteiger partial charge is 0.241 e. The number of carbonyl (C=O) groups is 1. The Balaban J connectivity index is 1.83. The molecule has 0 spiro atoms. The van der Waals surface area contributed by atoms with Crippen LogP contribution in [-0.4, -0.2) is 34.6 Å². The molecule has 180 valence electrons. The van der Waals surface area contributed by atoms with Crippen LogP contribution in [0.15, 0.2) is 77.7 Å². The van der Waals surface area contributed by atoms with E-state index in [0.717, 1.165) is 16.7 Å². The van der Waals surface area contributed by atoms with Gasteiger partial charge in [-0.2, -0.15) is 4.72 Å². The minimum Gasteiger partial charge on any atom is -0.493 e. The van der Waals surface area contributed by atoms with Gasteiger partial charge in [-0.05, 0) is 55.7 Å². The number of hydrogen-bond donors (Lipinski definition) is 2. The average Bonchev–Trinajstić information content (AvgIpc) is 2.83. The number of amides is 1. The fraction of sp³-hybridized carbons (Fsp3) is 0.269. The molecule has 3 aromatic carbocycles. The fourth-order valence-corrected chi connectivity index (χ4v) is 4.73. The van der Waals surface area contributed by atoms with Gasteiger partial charge in [0.25, 0.3) is 0 Å². The average molecular weight is 483 g/mol. The lowest BCUT2D eigenvalue weighted by Crippen LogP contribution is -2.48. The van der Waals surface area contributed by atoms with Crippen molar-refractivity contribution in [3.8, 4) is 11.5 Å². The highest BCUT2D eigenvalue weighted by Gasteiger charge is 2.27. The molecular weight excluding hydrogens is 452 g/mol. The molecule has 0 fully saturated rings. The van der Waals surface area contributed by atoms with E-state index in [1.165, 1.54) is 12.1 Å². The van der Waals surface area contributed by atoms with Crippen molar-refractivity contribution in [2.75, 3.05) is 14.2 Å². The summed E-state index contributed by atoms with van der Waals surface area (Å²) in [5.41, 5.74) is 2.58. The summed E-state index contributed by atoms with van der Waals surface area (Å²) in [4.78, 5) is 13.4. The van der Waals surface area contributed by atoms with E-state index in [2.05, 4.69) is 10.0 Å². The molecule has 0 bridgehead atoms. The molecular formula is C26H30N2O5S. The Labute approximate surface area is 201 Å². The number of carbonyl (C=O) groups excluding carboxylic acids is 1. The summed E-state index contributed by atoms with van der Waals surface area (Å²) in [6, 6.07) is 19.8. The minimum atomic E-state index is -3.91. The summed E-state index contributed by atoms with van der Waals surface area (Å²) in [5.74, 6) is 0.696. The van der Waals surface area contributed by atoms with E-state index in [0.29, 0.717) is 11.5 Å². The zero-order valence-corrected chi connectivity index (χ0v) is 20.6. The van der Waals surface area contributed by atoms with Gasteiger partial charge in [0, 0.05) is 0 Å². The van der Waals surface area contributed by atoms with E-state index in [1.807, 2.05) is 50.2 Å². The lowest BCUT2D eigenvalue weighted by Gasteiger charge is -2.22. The highest BCUT2D eigenvalue weighted by molar-refractivity contribution is 7.89. The minimum absolute atomic E-state index is 0.108. The maximum atomic E-state index is 13.3. The number of methoxy groups -OCH3 is 2. The maximum absolute atomic E-state index is 13.3. The van der Waals surface area contributed by atoms with Crippen LogP contribution in [0, 0.1) is 6.92 Å². The van der Waals surface area contributed by atoms with Crippen molar-refractivity contribution < 1.29 is 22.7 Å². The summed E-state index contributed by atoms with van der Waals surface area (Å²) in [7, 11) is -0.814. The Kier molecular flexibility index (Phi) is 8.31. The Morgan fingerprint density at radius 1 is 0.912 bits per heavy atom. The number of ether oxygens (including phenoxy) is 2. The molecule has 34 heavy (non-hydrogen) atoms. The van der Waals surface area contributed by atoms with Crippen LogP contribution in [0.4, 0.5) is 0 Å². The number of nitrogens with one attached hydrogen (secondary N) is 2. The van der Waals surface area contributed by atoms with Crippen molar-refractivity contribution in [1.29, 1.82) is 0 Å². The second kappa shape index (κ2) is 11.2. The van der Waals surface area contributed by atoms with Crippen molar-refractivity contribution in [1.82, 2.24) is 10.0 Å². The van der Waals surface area contributed by atoms with Crippen LogP contribution in [0.3, 0.4) is 0 Å². The van der Waals surface area contributed by atoms with Crippen LogP contribution in [0.2, 0.25) is 0 Å². The Morgan fingerprint density at radius 3 is 2.18 bits per heavy atom. The molecule has 0 aromatic heterocycles. The standard InChI is InChI=1S/C26H30N2O5S/c1-18-10-13-22(14-11-18)34(30,31)28-23(16-20-8-6-5-7-9-20)26(29)27-19(2)21-12-15-24(32-3)25(17-21)33-4/h5-15,17,19,23,28H,16H2,1-4H3,(H,27,29)/t19-,23+/m0/s1. The molecule has 2 atom stereocenters. The third-order valence-corrected chi connectivity index (χ3v) is 6.98. The second-order valence-corrected chi connectivity index (χ2v) is 9.74. The first-order valence-corrected chi connectivity index (χ1v) is 12.4. The van der Waals surface area contributed by atoms with Crippen molar-refractivity contribution in [3.63, 3.8) is 0 Å². The molecule has 0 radical (unpaired) electrons. The number of benzene rings is 3. The van der Waals surface area contributed by atoms with Gasteiger partial charge in [0.1, 0.15) is 6.04 Å². The van der Waals surface area contributed by atoms with Gasteiger partial charge in [-0.15, -0.1) is 0 Å². The van der Waals surface area contributed by atoms with E-state index in [-0.39, 0.29) is 11.3 Å². The van der Waals surface area contributed by atoms with E-state index in [4.69, 9.17) is 9.47 Å². The number of hydrogen-bond acceptors (Lipinski definition) is 5. The van der Waals surface area contributed by atoms with Gasteiger partial charge in [0.2, 0.25) is 15.9 Å². The Bertz CT molecular complexity index is 1210. The predicted molar refractivity (Wildman–Crippen MR) is 132 cm³/mol. The van der Waals surface area contributed by atoms with Crippen molar-refractivity contribution in [2.24, 2.45) is 0 Å². The third kappa shape index (κ3) is 6.36. The highest BCUT2D eigenvalue weighted by atomic mass is 32.2. The van der Waals surface area contributed by atoms with Gasteiger partial charge in [-0.1, -0.05) is 54.1 Å². The number of aryl methyl sites for hydroxylation is 1. The summed E-state index contributed by atoms with van der Waals surface area (Å²) >= 11 is 0. The van der Waals surface area contributed by atoms with Crippen LogP contribution in [0.5, 0.6) is 11.5 Å². The van der Waals surface area contributed by atoms with Crippen molar-refractivity contribution >= 4 is 15.9 Å². The Hall–Kier alpha value is -3.36. The molecule has 0 aliphatic heterocycles. The molecule has 0 heterocycles. The number of rotatable bonds is 10. The molecule has 3 aromatic rings. The summed E-state index contributed by atoms with van der Waals surface area (Å²) < 4.78 is 39.3. The SMILES string of the molecule is COc1ccc([C@H](C)NC(=O)[C@@H](Cc2ccccc2)NS(=O)(=O)c2ccc(C)cc2)cc1OC. The van der Waals surface area contributed by atoms with Gasteiger partial charge in [-0.25, -0.2) is 8.42 Å².